The molecule has 0 radical (unpaired) electrons. The van der Waals surface area contributed by atoms with E-state index in [-0.39, 0.29) is 5.69 Å². The van der Waals surface area contributed by atoms with E-state index in [0.29, 0.717) is 18.3 Å². The van der Waals surface area contributed by atoms with Crippen LogP contribution >= 0.6 is 15.9 Å². The maximum Gasteiger partial charge on any atom is 0.361 e. The highest BCUT2D eigenvalue weighted by Gasteiger charge is 2.20. The first kappa shape index (κ1) is 15.1. The molecule has 0 spiro atoms. The van der Waals surface area contributed by atoms with Crippen molar-refractivity contribution in [1.29, 1.82) is 0 Å². The first-order valence-corrected chi connectivity index (χ1v) is 6.77. The number of aryl methyl sites for hydroxylation is 1. The van der Waals surface area contributed by atoms with E-state index in [0.717, 1.165) is 0 Å². The summed E-state index contributed by atoms with van der Waals surface area (Å²) in [7, 11) is 0. The number of hydrogen-bond acceptors (Lipinski definition) is 4. The lowest BCUT2D eigenvalue weighted by molar-refractivity contribution is 0.00627. The summed E-state index contributed by atoms with van der Waals surface area (Å²) in [5.74, 6) is -0.522. The molecule has 0 N–H and O–H groups in total. The number of alkyl halides is 2. The fourth-order valence-corrected chi connectivity index (χ4v) is 1.50. The summed E-state index contributed by atoms with van der Waals surface area (Å²) >= 11 is 3.06. The third-order valence-electron chi connectivity index (χ3n) is 1.99. The van der Waals surface area contributed by atoms with Crippen LogP contribution in [0, 0.1) is 0 Å². The zero-order valence-electron chi connectivity index (χ0n) is 10.7. The smallest absolute Gasteiger partial charge is 0.361 e. The van der Waals surface area contributed by atoms with E-state index in [4.69, 9.17) is 4.74 Å². The summed E-state index contributed by atoms with van der Waals surface area (Å²) in [4.78, 5) is 11.6. The monoisotopic (exact) mass is 321 g/mol. The molecule has 1 atom stereocenters. The third kappa shape index (κ3) is 5.12. The van der Waals surface area contributed by atoms with Crippen LogP contribution < -0.4 is 0 Å². The van der Waals surface area contributed by atoms with Crippen molar-refractivity contribution < 1.29 is 13.9 Å². The van der Waals surface area contributed by atoms with Crippen molar-refractivity contribution in [3.8, 4) is 0 Å². The SMILES string of the molecule is CC(C)(C)OC(=O)c1cn(CCC(F)CBr)nn1. The lowest BCUT2D eigenvalue weighted by Crippen LogP contribution is -2.24. The molecule has 7 heteroatoms. The van der Waals surface area contributed by atoms with E-state index < -0.39 is 17.7 Å². The van der Waals surface area contributed by atoms with Gasteiger partial charge in [0.1, 0.15) is 11.8 Å². The molecule has 0 saturated carbocycles. The molecule has 0 fully saturated rings. The first-order valence-electron chi connectivity index (χ1n) is 5.65. The molecule has 1 rings (SSSR count). The van der Waals surface area contributed by atoms with E-state index in [1.165, 1.54) is 10.9 Å². The molecule has 0 bridgehead atoms. The number of rotatable bonds is 5. The van der Waals surface area contributed by atoms with Crippen molar-refractivity contribution in [3.05, 3.63) is 11.9 Å². The molecule has 0 aromatic carbocycles. The van der Waals surface area contributed by atoms with Crippen molar-refractivity contribution in [1.82, 2.24) is 15.0 Å². The molecule has 102 valence electrons. The maximum atomic E-state index is 13.0. The Bertz CT molecular complexity index is 403. The molecule has 1 unspecified atom stereocenters. The molecular weight excluding hydrogens is 305 g/mol. The van der Waals surface area contributed by atoms with E-state index in [1.807, 2.05) is 0 Å². The van der Waals surface area contributed by atoms with Gasteiger partial charge in [-0.3, -0.25) is 4.68 Å². The molecule has 0 saturated heterocycles. The van der Waals surface area contributed by atoms with E-state index in [9.17, 15) is 9.18 Å². The average molecular weight is 322 g/mol. The second-order valence-corrected chi connectivity index (χ2v) is 5.56. The standard InChI is InChI=1S/C11H17BrFN3O2/c1-11(2,3)18-10(17)9-7-16(15-14-9)5-4-8(13)6-12/h7-8H,4-6H2,1-3H3. The van der Waals surface area contributed by atoms with Crippen molar-refractivity contribution in [2.45, 2.75) is 45.5 Å². The number of hydrogen-bond donors (Lipinski definition) is 0. The second kappa shape index (κ2) is 6.26. The Morgan fingerprint density at radius 3 is 2.83 bits per heavy atom. The Kier molecular flexibility index (Phi) is 5.25. The van der Waals surface area contributed by atoms with Crippen LogP contribution in [-0.2, 0) is 11.3 Å². The van der Waals surface area contributed by atoms with Crippen molar-refractivity contribution in [2.75, 3.05) is 5.33 Å². The lowest BCUT2D eigenvalue weighted by Gasteiger charge is -2.18. The maximum absolute atomic E-state index is 13.0. The van der Waals surface area contributed by atoms with Crippen LogP contribution in [0.1, 0.15) is 37.7 Å². The summed E-state index contributed by atoms with van der Waals surface area (Å²) < 4.78 is 19.6. The molecule has 0 aliphatic carbocycles. The fraction of sp³-hybridized carbons (Fsp3) is 0.727. The Morgan fingerprint density at radius 2 is 2.28 bits per heavy atom. The van der Waals surface area contributed by atoms with Gasteiger partial charge in [0.05, 0.1) is 6.20 Å². The molecular formula is C11H17BrFN3O2. The van der Waals surface area contributed by atoms with Gasteiger partial charge in [0.2, 0.25) is 0 Å². The van der Waals surface area contributed by atoms with Gasteiger partial charge in [-0.05, 0) is 27.2 Å². The van der Waals surface area contributed by atoms with Crippen molar-refractivity contribution in [2.24, 2.45) is 0 Å². The number of nitrogens with zero attached hydrogens (tertiary/aromatic N) is 3. The Labute approximate surface area is 114 Å². The highest BCUT2D eigenvalue weighted by atomic mass is 79.9. The molecule has 1 heterocycles. The minimum absolute atomic E-state index is 0.138. The average Bonchev–Trinajstić information content (AvgIpc) is 2.72. The predicted octanol–water partition coefficient (Wildman–Crippen LogP) is 2.36. The van der Waals surface area contributed by atoms with Gasteiger partial charge in [-0.1, -0.05) is 21.1 Å². The van der Waals surface area contributed by atoms with Gasteiger partial charge in [-0.2, -0.15) is 0 Å². The minimum atomic E-state index is -0.931. The van der Waals surface area contributed by atoms with Gasteiger partial charge in [0, 0.05) is 11.9 Å². The third-order valence-corrected chi connectivity index (χ3v) is 2.69. The van der Waals surface area contributed by atoms with Crippen molar-refractivity contribution in [3.63, 3.8) is 0 Å². The number of esters is 1. The van der Waals surface area contributed by atoms with Gasteiger partial charge < -0.3 is 4.74 Å². The first-order chi connectivity index (χ1) is 8.31. The Morgan fingerprint density at radius 1 is 1.61 bits per heavy atom. The summed E-state index contributed by atoms with van der Waals surface area (Å²) in [6.07, 6.45) is 0.858. The normalized spacial score (nSPS) is 13.4. The number of carbonyl (C=O) groups is 1. The van der Waals surface area contributed by atoms with E-state index >= 15 is 0 Å². The summed E-state index contributed by atoms with van der Waals surface area (Å²) in [6, 6.07) is 0. The van der Waals surface area contributed by atoms with Crippen LogP contribution in [-0.4, -0.2) is 38.1 Å². The number of aromatic nitrogens is 3. The molecule has 0 aliphatic heterocycles. The van der Waals surface area contributed by atoms with Gasteiger partial charge in [-0.25, -0.2) is 9.18 Å². The zero-order valence-corrected chi connectivity index (χ0v) is 12.3. The molecule has 0 aliphatic rings. The fourth-order valence-electron chi connectivity index (χ4n) is 1.18. The summed E-state index contributed by atoms with van der Waals surface area (Å²) in [6.45, 7) is 5.71. The van der Waals surface area contributed by atoms with Gasteiger partial charge >= 0.3 is 5.97 Å². The molecule has 1 aromatic heterocycles. The molecule has 18 heavy (non-hydrogen) atoms. The second-order valence-electron chi connectivity index (χ2n) is 4.91. The quantitative estimate of drug-likeness (QED) is 0.617. The van der Waals surface area contributed by atoms with Crippen LogP contribution in [0.25, 0.3) is 0 Å². The van der Waals surface area contributed by atoms with E-state index in [2.05, 4.69) is 26.2 Å². The van der Waals surface area contributed by atoms with Gasteiger partial charge in [-0.15, -0.1) is 5.10 Å². The highest BCUT2D eigenvalue weighted by Crippen LogP contribution is 2.10. The lowest BCUT2D eigenvalue weighted by atomic mass is 10.2. The number of ether oxygens (including phenoxy) is 1. The van der Waals surface area contributed by atoms with Crippen LogP contribution in [0.2, 0.25) is 0 Å². The highest BCUT2D eigenvalue weighted by molar-refractivity contribution is 9.09. The molecule has 0 amide bonds. The van der Waals surface area contributed by atoms with Gasteiger partial charge in [0.15, 0.2) is 5.69 Å². The van der Waals surface area contributed by atoms with Crippen LogP contribution in [0.3, 0.4) is 0 Å². The number of carbonyl (C=O) groups excluding carboxylic acids is 1. The summed E-state index contributed by atoms with van der Waals surface area (Å²) in [5, 5.41) is 7.76. The van der Waals surface area contributed by atoms with Crippen LogP contribution in [0.15, 0.2) is 6.20 Å². The van der Waals surface area contributed by atoms with E-state index in [1.54, 1.807) is 20.8 Å². The van der Waals surface area contributed by atoms with Crippen LogP contribution in [0.5, 0.6) is 0 Å². The largest absolute Gasteiger partial charge is 0.455 e. The topological polar surface area (TPSA) is 57.0 Å². The van der Waals surface area contributed by atoms with Crippen LogP contribution in [0.4, 0.5) is 4.39 Å². The Balaban J connectivity index is 2.55. The molecule has 1 aromatic rings. The molecule has 5 nitrogen and oxygen atoms in total. The van der Waals surface area contributed by atoms with Crippen molar-refractivity contribution >= 4 is 21.9 Å². The van der Waals surface area contributed by atoms with Gasteiger partial charge in [0.25, 0.3) is 0 Å². The predicted molar refractivity (Wildman–Crippen MR) is 68.5 cm³/mol. The summed E-state index contributed by atoms with van der Waals surface area (Å²) in [5.41, 5.74) is -0.430. The minimum Gasteiger partial charge on any atom is -0.455 e. The number of halogens is 2. The Hall–Kier alpha value is -0.980. The zero-order chi connectivity index (χ0) is 13.8.